The third-order valence-electron chi connectivity index (χ3n) is 5.79. The molecule has 0 saturated carbocycles. The van der Waals surface area contributed by atoms with Gasteiger partial charge in [-0.25, -0.2) is 0 Å². The third kappa shape index (κ3) is 6.27. The zero-order valence-corrected chi connectivity index (χ0v) is 20.4. The molecule has 5 nitrogen and oxygen atoms in total. The first-order valence-electron chi connectivity index (χ1n) is 11.8. The van der Waals surface area contributed by atoms with Gasteiger partial charge in [-0.3, -0.25) is 9.59 Å². The van der Waals surface area contributed by atoms with E-state index in [9.17, 15) is 9.59 Å². The number of amides is 2. The van der Waals surface area contributed by atoms with Gasteiger partial charge in [0.05, 0.1) is 6.04 Å². The van der Waals surface area contributed by atoms with Gasteiger partial charge < -0.3 is 15.5 Å². The molecule has 0 aliphatic heterocycles. The molecule has 2 N–H and O–H groups in total. The summed E-state index contributed by atoms with van der Waals surface area (Å²) in [4.78, 5) is 28.6. The van der Waals surface area contributed by atoms with Crippen LogP contribution in [0.5, 0.6) is 0 Å². The fourth-order valence-corrected chi connectivity index (χ4v) is 3.84. The van der Waals surface area contributed by atoms with Crippen LogP contribution in [0.1, 0.15) is 33.1 Å². The monoisotopic (exact) mass is 475 g/mol. The SMILES string of the molecule is CN(C)c1ccc(/C=C(/NC(=O)c2ccccc2)C(=O)NC(c2ccccc2)c2ccccc2)cc1. The van der Waals surface area contributed by atoms with Crippen molar-refractivity contribution < 1.29 is 9.59 Å². The highest BCUT2D eigenvalue weighted by Gasteiger charge is 2.21. The van der Waals surface area contributed by atoms with Crippen molar-refractivity contribution in [2.45, 2.75) is 6.04 Å². The van der Waals surface area contributed by atoms with Crippen LogP contribution >= 0.6 is 0 Å². The average molecular weight is 476 g/mol. The predicted molar refractivity (Wildman–Crippen MR) is 146 cm³/mol. The lowest BCUT2D eigenvalue weighted by Gasteiger charge is -2.21. The van der Waals surface area contributed by atoms with Crippen LogP contribution in [-0.2, 0) is 4.79 Å². The molecule has 0 aliphatic carbocycles. The fraction of sp³-hybridized carbons (Fsp3) is 0.0968. The number of hydrogen-bond donors (Lipinski definition) is 2. The van der Waals surface area contributed by atoms with Crippen molar-refractivity contribution in [2.75, 3.05) is 19.0 Å². The van der Waals surface area contributed by atoms with Crippen LogP contribution in [0.3, 0.4) is 0 Å². The molecule has 0 saturated heterocycles. The molecule has 0 atom stereocenters. The Morgan fingerprint density at radius 3 is 1.69 bits per heavy atom. The molecule has 4 rings (SSSR count). The molecule has 0 heterocycles. The first-order valence-corrected chi connectivity index (χ1v) is 11.8. The molecule has 4 aromatic rings. The van der Waals surface area contributed by atoms with Crippen LogP contribution < -0.4 is 15.5 Å². The lowest BCUT2D eigenvalue weighted by molar-refractivity contribution is -0.118. The van der Waals surface area contributed by atoms with E-state index in [0.29, 0.717) is 5.56 Å². The van der Waals surface area contributed by atoms with Gasteiger partial charge >= 0.3 is 0 Å². The molecule has 0 spiro atoms. The Hall–Kier alpha value is -4.64. The molecular formula is C31H29N3O2. The number of anilines is 1. The second-order valence-electron chi connectivity index (χ2n) is 8.59. The Morgan fingerprint density at radius 2 is 1.19 bits per heavy atom. The van der Waals surface area contributed by atoms with E-state index in [1.807, 2.05) is 110 Å². The number of carbonyl (C=O) groups excluding carboxylic acids is 2. The molecule has 0 aliphatic rings. The smallest absolute Gasteiger partial charge is 0.268 e. The lowest BCUT2D eigenvalue weighted by Crippen LogP contribution is -2.37. The van der Waals surface area contributed by atoms with E-state index in [1.54, 1.807) is 30.3 Å². The Morgan fingerprint density at radius 1 is 0.694 bits per heavy atom. The summed E-state index contributed by atoms with van der Waals surface area (Å²) in [6.07, 6.45) is 1.70. The van der Waals surface area contributed by atoms with Crippen molar-refractivity contribution in [3.8, 4) is 0 Å². The fourth-order valence-electron chi connectivity index (χ4n) is 3.84. The van der Waals surface area contributed by atoms with Gasteiger partial charge in [0.25, 0.3) is 11.8 Å². The predicted octanol–water partition coefficient (Wildman–Crippen LogP) is 5.43. The maximum Gasteiger partial charge on any atom is 0.268 e. The molecule has 0 radical (unpaired) electrons. The molecule has 5 heteroatoms. The minimum atomic E-state index is -0.381. The van der Waals surface area contributed by atoms with E-state index in [4.69, 9.17) is 0 Å². The molecule has 0 bridgehead atoms. The molecule has 0 fully saturated rings. The van der Waals surface area contributed by atoms with Gasteiger partial charge in [0.15, 0.2) is 0 Å². The highest BCUT2D eigenvalue weighted by molar-refractivity contribution is 6.05. The number of nitrogens with one attached hydrogen (secondary N) is 2. The van der Waals surface area contributed by atoms with Crippen molar-refractivity contribution in [1.82, 2.24) is 10.6 Å². The quantitative estimate of drug-likeness (QED) is 0.334. The van der Waals surface area contributed by atoms with E-state index in [1.165, 1.54) is 0 Å². The van der Waals surface area contributed by atoms with Crippen LogP contribution in [0.15, 0.2) is 121 Å². The van der Waals surface area contributed by atoms with Gasteiger partial charge in [0.2, 0.25) is 0 Å². The second kappa shape index (κ2) is 11.7. The maximum atomic E-state index is 13.6. The third-order valence-corrected chi connectivity index (χ3v) is 5.79. The van der Waals surface area contributed by atoms with Crippen molar-refractivity contribution in [1.29, 1.82) is 0 Å². The van der Waals surface area contributed by atoms with Crippen molar-refractivity contribution in [3.63, 3.8) is 0 Å². The summed E-state index contributed by atoms with van der Waals surface area (Å²) >= 11 is 0. The van der Waals surface area contributed by atoms with Crippen LogP contribution in [-0.4, -0.2) is 25.9 Å². The molecule has 180 valence electrons. The summed E-state index contributed by atoms with van der Waals surface area (Å²) in [6, 6.07) is 35.8. The van der Waals surface area contributed by atoms with Crippen molar-refractivity contribution in [3.05, 3.63) is 143 Å². The van der Waals surface area contributed by atoms with Crippen LogP contribution in [0.2, 0.25) is 0 Å². The van der Waals surface area contributed by atoms with Gasteiger partial charge in [0, 0.05) is 25.3 Å². The van der Waals surface area contributed by atoms with Gasteiger partial charge in [-0.2, -0.15) is 0 Å². The summed E-state index contributed by atoms with van der Waals surface area (Å²) in [5, 5.41) is 5.95. The summed E-state index contributed by atoms with van der Waals surface area (Å²) in [7, 11) is 3.94. The molecular weight excluding hydrogens is 446 g/mol. The first-order chi connectivity index (χ1) is 17.5. The molecule has 2 amide bonds. The molecule has 36 heavy (non-hydrogen) atoms. The minimum absolute atomic E-state index is 0.165. The van der Waals surface area contributed by atoms with Gasteiger partial charge in [-0.05, 0) is 47.0 Å². The van der Waals surface area contributed by atoms with Crippen LogP contribution in [0.4, 0.5) is 5.69 Å². The minimum Gasteiger partial charge on any atom is -0.378 e. The van der Waals surface area contributed by atoms with E-state index < -0.39 is 0 Å². The van der Waals surface area contributed by atoms with Gasteiger partial charge in [0.1, 0.15) is 5.70 Å². The largest absolute Gasteiger partial charge is 0.378 e. The number of carbonyl (C=O) groups is 2. The van der Waals surface area contributed by atoms with Gasteiger partial charge in [-0.15, -0.1) is 0 Å². The highest BCUT2D eigenvalue weighted by atomic mass is 16.2. The number of rotatable bonds is 8. The summed E-state index contributed by atoms with van der Waals surface area (Å²) in [6.45, 7) is 0. The molecule has 4 aromatic carbocycles. The topological polar surface area (TPSA) is 61.4 Å². The van der Waals surface area contributed by atoms with Gasteiger partial charge in [-0.1, -0.05) is 91.0 Å². The molecule has 0 aromatic heterocycles. The highest BCUT2D eigenvalue weighted by Crippen LogP contribution is 2.22. The summed E-state index contributed by atoms with van der Waals surface area (Å²) in [5.41, 5.74) is 4.37. The Labute approximate surface area is 212 Å². The Bertz CT molecular complexity index is 1280. The zero-order chi connectivity index (χ0) is 25.3. The van der Waals surface area contributed by atoms with E-state index >= 15 is 0 Å². The second-order valence-corrected chi connectivity index (χ2v) is 8.59. The normalized spacial score (nSPS) is 11.1. The zero-order valence-electron chi connectivity index (χ0n) is 20.4. The Kier molecular flexibility index (Phi) is 7.94. The summed E-state index contributed by atoms with van der Waals surface area (Å²) < 4.78 is 0. The number of hydrogen-bond acceptors (Lipinski definition) is 3. The number of benzene rings is 4. The summed E-state index contributed by atoms with van der Waals surface area (Å²) in [5.74, 6) is -0.730. The standard InChI is InChI=1S/C31H29N3O2/c1-34(2)27-20-18-23(19-21-27)22-28(32-30(35)26-16-10-5-11-17-26)31(36)33-29(24-12-6-3-7-13-24)25-14-8-4-9-15-25/h3-22,29H,1-2H3,(H,32,35)(H,33,36)/b28-22+. The average Bonchev–Trinajstić information content (AvgIpc) is 2.93. The van der Waals surface area contributed by atoms with Crippen molar-refractivity contribution in [2.24, 2.45) is 0 Å². The van der Waals surface area contributed by atoms with Crippen LogP contribution in [0.25, 0.3) is 6.08 Å². The Balaban J connectivity index is 1.67. The van der Waals surface area contributed by atoms with Crippen molar-refractivity contribution >= 4 is 23.6 Å². The van der Waals surface area contributed by atoms with E-state index in [2.05, 4.69) is 10.6 Å². The maximum absolute atomic E-state index is 13.6. The molecule has 0 unspecified atom stereocenters. The lowest BCUT2D eigenvalue weighted by atomic mass is 9.98. The number of nitrogens with zero attached hydrogens (tertiary/aromatic N) is 1. The van der Waals surface area contributed by atoms with E-state index in [-0.39, 0.29) is 23.6 Å². The van der Waals surface area contributed by atoms with Crippen LogP contribution in [0, 0.1) is 0 Å². The van der Waals surface area contributed by atoms with E-state index in [0.717, 1.165) is 22.4 Å². The first kappa shape index (κ1) is 24.5.